The zero-order valence-corrected chi connectivity index (χ0v) is 15.6. The van der Waals surface area contributed by atoms with Crippen molar-refractivity contribution < 1.29 is 30.0 Å². The average molecular weight is 362 g/mol. The maximum atomic E-state index is 13.0. The van der Waals surface area contributed by atoms with Crippen molar-refractivity contribution in [3.05, 3.63) is 16.7 Å². The minimum absolute atomic E-state index is 0.109. The van der Waals surface area contributed by atoms with E-state index in [2.05, 4.69) is 0 Å². The topological polar surface area (TPSA) is 115 Å². The molecular weight excluding hydrogens is 336 g/mol. The van der Waals surface area contributed by atoms with Gasteiger partial charge in [0, 0.05) is 35.0 Å². The van der Waals surface area contributed by atoms with Gasteiger partial charge in [0.2, 0.25) is 11.6 Å². The standard InChI is InChI=1S/C20H26O6/c1-9(8-21)10-13(22)11-12(16(25)14(10)23)20(4)7-5-6-19(2,3)18(20)17(26)15(11)24/h9,18,21-23,25H,5-8H2,1-4H3. The monoisotopic (exact) mass is 362 g/mol. The maximum Gasteiger partial charge on any atom is 0.233 e. The van der Waals surface area contributed by atoms with Crippen molar-refractivity contribution >= 4 is 11.6 Å². The molecule has 0 bridgehead atoms. The first-order valence-corrected chi connectivity index (χ1v) is 8.99. The van der Waals surface area contributed by atoms with Gasteiger partial charge in [0.25, 0.3) is 0 Å². The van der Waals surface area contributed by atoms with Gasteiger partial charge in [-0.05, 0) is 18.3 Å². The van der Waals surface area contributed by atoms with Gasteiger partial charge in [0.1, 0.15) is 5.75 Å². The van der Waals surface area contributed by atoms with E-state index in [1.54, 1.807) is 6.92 Å². The van der Waals surface area contributed by atoms with E-state index in [0.29, 0.717) is 6.42 Å². The summed E-state index contributed by atoms with van der Waals surface area (Å²) in [5.41, 5.74) is -1.48. The summed E-state index contributed by atoms with van der Waals surface area (Å²) < 4.78 is 0. The van der Waals surface area contributed by atoms with Crippen LogP contribution in [0, 0.1) is 11.3 Å². The van der Waals surface area contributed by atoms with Crippen molar-refractivity contribution in [1.29, 1.82) is 0 Å². The highest BCUT2D eigenvalue weighted by Gasteiger charge is 2.59. The molecule has 0 amide bonds. The molecule has 1 saturated carbocycles. The summed E-state index contributed by atoms with van der Waals surface area (Å²) in [7, 11) is 0. The Bertz CT molecular complexity index is 809. The summed E-state index contributed by atoms with van der Waals surface area (Å²) in [4.78, 5) is 25.9. The lowest BCUT2D eigenvalue weighted by Gasteiger charge is -2.52. The molecule has 26 heavy (non-hydrogen) atoms. The molecule has 1 fully saturated rings. The smallest absolute Gasteiger partial charge is 0.233 e. The highest BCUT2D eigenvalue weighted by Crippen LogP contribution is 2.61. The zero-order valence-electron chi connectivity index (χ0n) is 15.6. The van der Waals surface area contributed by atoms with Gasteiger partial charge < -0.3 is 20.4 Å². The summed E-state index contributed by atoms with van der Waals surface area (Å²) in [6, 6.07) is 0. The molecule has 0 heterocycles. The van der Waals surface area contributed by atoms with Gasteiger partial charge in [-0.3, -0.25) is 9.59 Å². The minimum atomic E-state index is -0.859. The SMILES string of the molecule is CC(CO)c1c(O)c(O)c2c(c1O)C(=O)C(=O)C1C(C)(C)CCCC21C. The number of rotatable bonds is 2. The summed E-state index contributed by atoms with van der Waals surface area (Å²) in [6.45, 7) is 6.84. The minimum Gasteiger partial charge on any atom is -0.507 e. The van der Waals surface area contributed by atoms with E-state index in [9.17, 15) is 30.0 Å². The molecule has 6 nitrogen and oxygen atoms in total. The van der Waals surface area contributed by atoms with Crippen LogP contribution in [0.2, 0.25) is 0 Å². The molecule has 0 radical (unpaired) electrons. The van der Waals surface area contributed by atoms with Gasteiger partial charge in [-0.15, -0.1) is 0 Å². The Morgan fingerprint density at radius 2 is 1.65 bits per heavy atom. The van der Waals surface area contributed by atoms with Crippen LogP contribution in [0.15, 0.2) is 0 Å². The Morgan fingerprint density at radius 3 is 2.23 bits per heavy atom. The van der Waals surface area contributed by atoms with E-state index in [0.717, 1.165) is 12.8 Å². The third-order valence-corrected chi connectivity index (χ3v) is 6.44. The van der Waals surface area contributed by atoms with Gasteiger partial charge in [-0.2, -0.15) is 0 Å². The number of aliphatic hydroxyl groups is 1. The van der Waals surface area contributed by atoms with Crippen LogP contribution in [0.3, 0.4) is 0 Å². The quantitative estimate of drug-likeness (QED) is 0.365. The molecule has 6 heteroatoms. The van der Waals surface area contributed by atoms with E-state index < -0.39 is 58.1 Å². The van der Waals surface area contributed by atoms with E-state index >= 15 is 0 Å². The Morgan fingerprint density at radius 1 is 1.04 bits per heavy atom. The van der Waals surface area contributed by atoms with Crippen molar-refractivity contribution in [3.63, 3.8) is 0 Å². The summed E-state index contributed by atoms with van der Waals surface area (Å²) >= 11 is 0. The second-order valence-corrected chi connectivity index (χ2v) is 8.68. The third-order valence-electron chi connectivity index (χ3n) is 6.44. The van der Waals surface area contributed by atoms with Crippen molar-refractivity contribution in [1.82, 2.24) is 0 Å². The predicted molar refractivity (Wildman–Crippen MR) is 94.7 cm³/mol. The van der Waals surface area contributed by atoms with E-state index in [1.165, 1.54) is 0 Å². The molecule has 3 atom stereocenters. The molecule has 0 saturated heterocycles. The summed E-state index contributed by atoms with van der Waals surface area (Å²) in [6.07, 6.45) is 2.14. The highest BCUT2D eigenvalue weighted by molar-refractivity contribution is 6.47. The Labute approximate surface area is 152 Å². The van der Waals surface area contributed by atoms with E-state index in [4.69, 9.17) is 0 Å². The highest BCUT2D eigenvalue weighted by atomic mass is 16.3. The lowest BCUT2D eigenvalue weighted by molar-refractivity contribution is -0.128. The van der Waals surface area contributed by atoms with Gasteiger partial charge in [0.05, 0.1) is 5.56 Å². The number of carbonyl (C=O) groups excluding carboxylic acids is 2. The van der Waals surface area contributed by atoms with Crippen LogP contribution < -0.4 is 0 Å². The summed E-state index contributed by atoms with van der Waals surface area (Å²) in [5.74, 6) is -4.26. The number of benzene rings is 1. The molecule has 1 aromatic rings. The molecule has 4 N–H and O–H groups in total. The predicted octanol–water partition coefficient (Wildman–Crippen LogP) is 2.75. The van der Waals surface area contributed by atoms with Crippen LogP contribution in [0.1, 0.15) is 74.4 Å². The molecule has 142 valence electrons. The fraction of sp³-hybridized carbons (Fsp3) is 0.600. The molecule has 1 aromatic carbocycles. The fourth-order valence-electron chi connectivity index (χ4n) is 5.29. The first kappa shape index (κ1) is 18.7. The number of hydrogen-bond donors (Lipinski definition) is 4. The maximum absolute atomic E-state index is 13.0. The van der Waals surface area contributed by atoms with E-state index in [-0.39, 0.29) is 16.7 Å². The molecule has 3 unspecified atom stereocenters. The largest absolute Gasteiger partial charge is 0.507 e. The van der Waals surface area contributed by atoms with Gasteiger partial charge in [0.15, 0.2) is 11.5 Å². The van der Waals surface area contributed by atoms with Crippen molar-refractivity contribution in [2.24, 2.45) is 11.3 Å². The van der Waals surface area contributed by atoms with Crippen LogP contribution in [-0.4, -0.2) is 38.6 Å². The number of aromatic hydroxyl groups is 3. The molecule has 0 aliphatic heterocycles. The van der Waals surface area contributed by atoms with Gasteiger partial charge >= 0.3 is 0 Å². The molecular formula is C20H26O6. The number of Topliss-reactive ketones (excluding diaryl/α,β-unsaturated/α-hetero) is 2. The first-order chi connectivity index (χ1) is 12.0. The van der Waals surface area contributed by atoms with E-state index in [1.807, 2.05) is 20.8 Å². The molecule has 2 aliphatic rings. The number of phenols is 3. The normalized spacial score (nSPS) is 28.4. The molecule has 0 spiro atoms. The zero-order chi connectivity index (χ0) is 19.6. The number of hydrogen-bond acceptors (Lipinski definition) is 6. The van der Waals surface area contributed by atoms with Crippen molar-refractivity contribution in [2.75, 3.05) is 6.61 Å². The van der Waals surface area contributed by atoms with Crippen LogP contribution in [0.4, 0.5) is 0 Å². The number of carbonyl (C=O) groups is 2. The molecule has 2 aliphatic carbocycles. The van der Waals surface area contributed by atoms with Crippen LogP contribution in [0.25, 0.3) is 0 Å². The van der Waals surface area contributed by atoms with Crippen molar-refractivity contribution in [3.8, 4) is 17.2 Å². The van der Waals surface area contributed by atoms with Crippen LogP contribution in [0.5, 0.6) is 17.2 Å². The lowest BCUT2D eigenvalue weighted by Crippen LogP contribution is -2.54. The van der Waals surface area contributed by atoms with Gasteiger partial charge in [-0.25, -0.2) is 0 Å². The lowest BCUT2D eigenvalue weighted by atomic mass is 9.49. The van der Waals surface area contributed by atoms with Gasteiger partial charge in [-0.1, -0.05) is 34.1 Å². The number of aliphatic hydroxyl groups excluding tert-OH is 1. The second-order valence-electron chi connectivity index (χ2n) is 8.68. The van der Waals surface area contributed by atoms with Crippen molar-refractivity contribution in [2.45, 2.75) is 58.3 Å². The fourth-order valence-corrected chi connectivity index (χ4v) is 5.29. The average Bonchev–Trinajstić information content (AvgIpc) is 2.55. The Hall–Kier alpha value is -2.08. The number of phenolic OH excluding ortho intramolecular Hbond substituents is 3. The summed E-state index contributed by atoms with van der Waals surface area (Å²) in [5, 5.41) is 41.4. The third kappa shape index (κ3) is 2.21. The number of fused-ring (bicyclic) bond motifs is 3. The first-order valence-electron chi connectivity index (χ1n) is 8.99. The van der Waals surface area contributed by atoms with Crippen LogP contribution >= 0.6 is 0 Å². The number of ketones is 2. The molecule has 3 rings (SSSR count). The second kappa shape index (κ2) is 5.71. The molecule has 0 aromatic heterocycles. The van der Waals surface area contributed by atoms with Crippen LogP contribution in [-0.2, 0) is 10.2 Å². The Kier molecular flexibility index (Phi) is 4.11. The Balaban J connectivity index is 2.40.